The number of ether oxygens (including phenoxy) is 1. The molecule has 2 bridgehead atoms. The van der Waals surface area contributed by atoms with E-state index in [9.17, 15) is 0 Å². The normalized spacial score (nSPS) is 39.6. The number of hydrogen-bond donors (Lipinski definition) is 0. The van der Waals surface area contributed by atoms with Crippen LogP contribution in [-0.4, -0.2) is 30.6 Å². The van der Waals surface area contributed by atoms with E-state index in [1.807, 2.05) is 0 Å². The van der Waals surface area contributed by atoms with Crippen molar-refractivity contribution in [3.63, 3.8) is 0 Å². The number of rotatable bonds is 0. The molecule has 110 valence electrons. The molecule has 0 amide bonds. The largest absolute Gasteiger partial charge is 0.485 e. The first-order chi connectivity index (χ1) is 10.1. The Morgan fingerprint density at radius 1 is 1.29 bits per heavy atom. The van der Waals surface area contributed by atoms with Gasteiger partial charge in [-0.2, -0.15) is 0 Å². The second-order valence-electron chi connectivity index (χ2n) is 7.58. The maximum atomic E-state index is 6.57. The van der Waals surface area contributed by atoms with Crippen LogP contribution in [0.1, 0.15) is 36.5 Å². The molecule has 1 aromatic rings. The highest BCUT2D eigenvalue weighted by atomic mass is 16.5. The second kappa shape index (κ2) is 3.73. The minimum absolute atomic E-state index is 0.269. The molecule has 4 aliphatic rings. The van der Waals surface area contributed by atoms with Crippen LogP contribution < -0.4 is 4.74 Å². The number of allylic oxidation sites excluding steroid dienone is 1. The van der Waals surface area contributed by atoms with Gasteiger partial charge in [0.2, 0.25) is 0 Å². The SMILES string of the molecule is CC1=CCC2[C@@H]3Cc4ccc(C)c5c4[C@]2(CCN3C)[C@@H]1O5. The van der Waals surface area contributed by atoms with E-state index in [4.69, 9.17) is 4.74 Å². The van der Waals surface area contributed by atoms with E-state index in [1.165, 1.54) is 42.7 Å². The molecule has 0 radical (unpaired) electrons. The van der Waals surface area contributed by atoms with Crippen molar-refractivity contribution in [2.45, 2.75) is 50.7 Å². The van der Waals surface area contributed by atoms with Crippen molar-refractivity contribution < 1.29 is 4.74 Å². The fourth-order valence-electron chi connectivity index (χ4n) is 5.72. The Labute approximate surface area is 126 Å². The molecular formula is C19H23NO. The van der Waals surface area contributed by atoms with E-state index in [-0.39, 0.29) is 5.41 Å². The van der Waals surface area contributed by atoms with Crippen LogP contribution in [0.5, 0.6) is 5.75 Å². The van der Waals surface area contributed by atoms with E-state index in [0.717, 1.165) is 5.92 Å². The lowest BCUT2D eigenvalue weighted by Gasteiger charge is -2.57. The molecule has 2 heterocycles. The Kier molecular flexibility index (Phi) is 2.18. The summed E-state index contributed by atoms with van der Waals surface area (Å²) < 4.78 is 6.57. The van der Waals surface area contributed by atoms with Gasteiger partial charge in [0.15, 0.2) is 0 Å². The van der Waals surface area contributed by atoms with E-state index >= 15 is 0 Å². The van der Waals surface area contributed by atoms with Gasteiger partial charge in [-0.05, 0) is 69.3 Å². The van der Waals surface area contributed by atoms with Crippen molar-refractivity contribution in [1.82, 2.24) is 4.90 Å². The van der Waals surface area contributed by atoms with Crippen LogP contribution in [0.25, 0.3) is 0 Å². The highest BCUT2D eigenvalue weighted by Crippen LogP contribution is 2.62. The van der Waals surface area contributed by atoms with E-state index < -0.39 is 0 Å². The molecule has 1 spiro atoms. The van der Waals surface area contributed by atoms with Gasteiger partial charge >= 0.3 is 0 Å². The molecule has 0 saturated carbocycles. The van der Waals surface area contributed by atoms with Crippen LogP contribution in [-0.2, 0) is 11.8 Å². The quantitative estimate of drug-likeness (QED) is 0.677. The molecule has 2 nitrogen and oxygen atoms in total. The molecular weight excluding hydrogens is 258 g/mol. The smallest absolute Gasteiger partial charge is 0.130 e. The number of benzene rings is 1. The zero-order chi connectivity index (χ0) is 14.4. The second-order valence-corrected chi connectivity index (χ2v) is 7.58. The van der Waals surface area contributed by atoms with Gasteiger partial charge in [0.1, 0.15) is 11.9 Å². The average molecular weight is 281 g/mol. The molecule has 0 N–H and O–H groups in total. The van der Waals surface area contributed by atoms with Crippen molar-refractivity contribution in [1.29, 1.82) is 0 Å². The highest BCUT2D eigenvalue weighted by molar-refractivity contribution is 5.59. The molecule has 2 aliphatic heterocycles. The molecule has 1 saturated heterocycles. The third-order valence-electron chi connectivity index (χ3n) is 6.72. The zero-order valence-electron chi connectivity index (χ0n) is 13.1. The predicted molar refractivity (Wildman–Crippen MR) is 83.9 cm³/mol. The Bertz CT molecular complexity index is 676. The Morgan fingerprint density at radius 2 is 2.14 bits per heavy atom. The van der Waals surface area contributed by atoms with Gasteiger partial charge in [-0.25, -0.2) is 0 Å². The molecule has 1 unspecified atom stereocenters. The van der Waals surface area contributed by atoms with Gasteiger partial charge < -0.3 is 9.64 Å². The van der Waals surface area contributed by atoms with Crippen LogP contribution in [0.15, 0.2) is 23.8 Å². The zero-order valence-corrected chi connectivity index (χ0v) is 13.1. The summed E-state index contributed by atoms with van der Waals surface area (Å²) in [5.41, 5.74) is 6.19. The maximum absolute atomic E-state index is 6.57. The molecule has 5 rings (SSSR count). The van der Waals surface area contributed by atoms with Gasteiger partial charge in [0, 0.05) is 17.0 Å². The Morgan fingerprint density at radius 3 is 3.00 bits per heavy atom. The predicted octanol–water partition coefficient (Wildman–Crippen LogP) is 3.22. The van der Waals surface area contributed by atoms with Crippen LogP contribution >= 0.6 is 0 Å². The maximum Gasteiger partial charge on any atom is 0.130 e. The van der Waals surface area contributed by atoms with E-state index in [1.54, 1.807) is 11.1 Å². The third-order valence-corrected chi connectivity index (χ3v) is 6.72. The van der Waals surface area contributed by atoms with Gasteiger partial charge in [0.05, 0.1) is 0 Å². The average Bonchev–Trinajstić information content (AvgIpc) is 2.83. The first-order valence-electron chi connectivity index (χ1n) is 8.29. The Balaban J connectivity index is 1.85. The van der Waals surface area contributed by atoms with Crippen LogP contribution in [0.2, 0.25) is 0 Å². The van der Waals surface area contributed by atoms with Gasteiger partial charge in [-0.1, -0.05) is 18.2 Å². The highest BCUT2D eigenvalue weighted by Gasteiger charge is 2.62. The third kappa shape index (κ3) is 1.25. The molecule has 2 heteroatoms. The number of aryl methyl sites for hydroxylation is 1. The van der Waals surface area contributed by atoms with Crippen molar-refractivity contribution in [3.8, 4) is 5.75 Å². The Hall–Kier alpha value is -1.28. The lowest BCUT2D eigenvalue weighted by molar-refractivity contribution is -0.00805. The lowest BCUT2D eigenvalue weighted by atomic mass is 9.52. The fraction of sp³-hybridized carbons (Fsp3) is 0.579. The summed E-state index contributed by atoms with van der Waals surface area (Å²) in [7, 11) is 2.31. The summed E-state index contributed by atoms with van der Waals surface area (Å²) in [5, 5.41) is 0. The van der Waals surface area contributed by atoms with Crippen molar-refractivity contribution in [3.05, 3.63) is 40.5 Å². The number of nitrogens with zero attached hydrogens (tertiary/aromatic N) is 1. The lowest BCUT2D eigenvalue weighted by Crippen LogP contribution is -2.63. The summed E-state index contributed by atoms with van der Waals surface area (Å²) in [4.78, 5) is 2.60. The number of piperidine rings is 1. The topological polar surface area (TPSA) is 12.5 Å². The van der Waals surface area contributed by atoms with Gasteiger partial charge in [-0.3, -0.25) is 0 Å². The summed E-state index contributed by atoms with van der Waals surface area (Å²) in [6.07, 6.45) is 6.43. The fourth-order valence-corrected chi connectivity index (χ4v) is 5.72. The molecule has 1 fully saturated rings. The summed E-state index contributed by atoms with van der Waals surface area (Å²) in [5.74, 6) is 1.96. The monoisotopic (exact) mass is 281 g/mol. The molecule has 2 aliphatic carbocycles. The van der Waals surface area contributed by atoms with Crippen molar-refractivity contribution >= 4 is 0 Å². The van der Waals surface area contributed by atoms with Crippen LogP contribution in [0.4, 0.5) is 0 Å². The van der Waals surface area contributed by atoms with E-state index in [2.05, 4.69) is 44.0 Å². The first-order valence-corrected chi connectivity index (χ1v) is 8.29. The molecule has 0 aromatic heterocycles. The van der Waals surface area contributed by atoms with Crippen molar-refractivity contribution in [2.24, 2.45) is 5.92 Å². The summed E-state index contributed by atoms with van der Waals surface area (Å²) >= 11 is 0. The van der Waals surface area contributed by atoms with Crippen LogP contribution in [0.3, 0.4) is 0 Å². The molecule has 4 atom stereocenters. The minimum Gasteiger partial charge on any atom is -0.485 e. The van der Waals surface area contributed by atoms with E-state index in [0.29, 0.717) is 12.1 Å². The molecule has 21 heavy (non-hydrogen) atoms. The summed E-state index contributed by atoms with van der Waals surface area (Å²) in [6.45, 7) is 5.69. The number of likely N-dealkylation sites (N-methyl/N-ethyl adjacent to an activating group) is 1. The minimum atomic E-state index is 0.269. The van der Waals surface area contributed by atoms with Gasteiger partial charge in [-0.15, -0.1) is 0 Å². The number of hydrogen-bond acceptors (Lipinski definition) is 2. The standard InChI is InChI=1S/C19H23NO/c1-11-4-6-13-10-15-14-7-5-12(2)18-19(14,8-9-20(15)3)16(13)17(11)21-18/h4-6,14-15,18H,7-10H2,1-3H3/t14?,15-,18+,19+/m0/s1. The summed E-state index contributed by atoms with van der Waals surface area (Å²) in [6, 6.07) is 5.32. The van der Waals surface area contributed by atoms with Crippen LogP contribution in [0, 0.1) is 12.8 Å². The first kappa shape index (κ1) is 12.3. The van der Waals surface area contributed by atoms with Crippen molar-refractivity contribution in [2.75, 3.05) is 13.6 Å². The van der Waals surface area contributed by atoms with Gasteiger partial charge in [0.25, 0.3) is 0 Å². The molecule has 1 aromatic carbocycles. The number of likely N-dealkylation sites (tertiary alicyclic amines) is 1.